The van der Waals surface area contributed by atoms with Crippen LogP contribution in [0.4, 0.5) is 0 Å². The largest absolute Gasteiger partial charge is 0.478 e. The number of carboxylic acid groups (broad SMARTS) is 2. The van der Waals surface area contributed by atoms with E-state index in [0.29, 0.717) is 19.6 Å². The van der Waals surface area contributed by atoms with E-state index < -0.39 is 11.9 Å². The van der Waals surface area contributed by atoms with Gasteiger partial charge in [-0.05, 0) is 19.3 Å². The fourth-order valence-corrected chi connectivity index (χ4v) is 1.00. The number of aliphatic carboxylic acids is 2. The molecule has 0 fully saturated rings. The zero-order valence-electron chi connectivity index (χ0n) is 8.73. The molecule has 5 heteroatoms. The lowest BCUT2D eigenvalue weighted by molar-refractivity contribution is -0.135. The highest BCUT2D eigenvalue weighted by molar-refractivity contribution is 5.94. The second-order valence-corrected chi connectivity index (χ2v) is 3.03. The molecule has 0 aromatic rings. The molecule has 0 spiro atoms. The maximum absolute atomic E-state index is 10.6. The summed E-state index contributed by atoms with van der Waals surface area (Å²) < 4.78 is 5.15. The first-order valence-electron chi connectivity index (χ1n) is 4.82. The predicted molar refractivity (Wildman–Crippen MR) is 53.7 cm³/mol. The lowest BCUT2D eigenvalue weighted by Gasteiger charge is -2.02. The number of ether oxygens (including phenoxy) is 1. The van der Waals surface area contributed by atoms with E-state index in [-0.39, 0.29) is 12.0 Å². The standard InChI is InChI=1S/C10H16O5/c1-2-5-15-6-3-4-8(10(13)14)7-9(11)12/h7H,2-6H2,1H3,(H,11,12)(H,13,14). The molecule has 0 amide bonds. The van der Waals surface area contributed by atoms with Gasteiger partial charge >= 0.3 is 11.9 Å². The number of hydrogen-bond donors (Lipinski definition) is 2. The van der Waals surface area contributed by atoms with Crippen LogP contribution in [0.2, 0.25) is 0 Å². The molecule has 0 aliphatic carbocycles. The molecule has 0 radical (unpaired) electrons. The van der Waals surface area contributed by atoms with Crippen molar-refractivity contribution in [2.75, 3.05) is 13.2 Å². The molecular formula is C10H16O5. The van der Waals surface area contributed by atoms with Gasteiger partial charge in [0.05, 0.1) is 0 Å². The molecule has 15 heavy (non-hydrogen) atoms. The third kappa shape index (κ3) is 7.69. The first-order chi connectivity index (χ1) is 7.07. The Hall–Kier alpha value is -1.36. The Morgan fingerprint density at radius 1 is 1.27 bits per heavy atom. The summed E-state index contributed by atoms with van der Waals surface area (Å²) in [5, 5.41) is 17.1. The van der Waals surface area contributed by atoms with E-state index in [0.717, 1.165) is 12.5 Å². The van der Waals surface area contributed by atoms with Crippen LogP contribution in [0.1, 0.15) is 26.2 Å². The van der Waals surface area contributed by atoms with Gasteiger partial charge in [0.15, 0.2) is 0 Å². The normalized spacial score (nSPS) is 11.4. The molecule has 0 bridgehead atoms. The van der Waals surface area contributed by atoms with Gasteiger partial charge in [0.1, 0.15) is 0 Å². The van der Waals surface area contributed by atoms with Gasteiger partial charge in [-0.25, -0.2) is 9.59 Å². The van der Waals surface area contributed by atoms with Crippen molar-refractivity contribution in [3.05, 3.63) is 11.6 Å². The minimum Gasteiger partial charge on any atom is -0.478 e. The van der Waals surface area contributed by atoms with Crippen LogP contribution in [0, 0.1) is 0 Å². The molecule has 0 aliphatic rings. The van der Waals surface area contributed by atoms with Crippen LogP contribution in [0.5, 0.6) is 0 Å². The molecule has 0 saturated heterocycles. The Bertz CT molecular complexity index is 244. The lowest BCUT2D eigenvalue weighted by Crippen LogP contribution is -2.05. The Kier molecular flexibility index (Phi) is 7.27. The van der Waals surface area contributed by atoms with Crippen LogP contribution in [0.15, 0.2) is 11.6 Å². The van der Waals surface area contributed by atoms with Gasteiger partial charge < -0.3 is 14.9 Å². The van der Waals surface area contributed by atoms with Crippen LogP contribution in [-0.2, 0) is 14.3 Å². The highest BCUT2D eigenvalue weighted by atomic mass is 16.5. The van der Waals surface area contributed by atoms with Crippen molar-refractivity contribution in [2.45, 2.75) is 26.2 Å². The zero-order valence-corrected chi connectivity index (χ0v) is 8.73. The van der Waals surface area contributed by atoms with Crippen molar-refractivity contribution in [3.8, 4) is 0 Å². The average Bonchev–Trinajstić information content (AvgIpc) is 2.15. The van der Waals surface area contributed by atoms with Gasteiger partial charge in [-0.15, -0.1) is 0 Å². The van der Waals surface area contributed by atoms with Crippen molar-refractivity contribution < 1.29 is 24.5 Å². The Morgan fingerprint density at radius 3 is 2.40 bits per heavy atom. The number of carbonyl (C=O) groups is 2. The fourth-order valence-electron chi connectivity index (χ4n) is 1.00. The topological polar surface area (TPSA) is 83.8 Å². The Labute approximate surface area is 88.4 Å². The molecular weight excluding hydrogens is 200 g/mol. The third-order valence-corrected chi connectivity index (χ3v) is 1.66. The highest BCUT2D eigenvalue weighted by Crippen LogP contribution is 2.05. The van der Waals surface area contributed by atoms with Crippen LogP contribution < -0.4 is 0 Å². The molecule has 0 aromatic heterocycles. The monoisotopic (exact) mass is 216 g/mol. The quantitative estimate of drug-likeness (QED) is 0.471. The molecule has 0 aliphatic heterocycles. The first kappa shape index (κ1) is 13.6. The van der Waals surface area contributed by atoms with E-state index in [1.165, 1.54) is 0 Å². The maximum atomic E-state index is 10.6. The Morgan fingerprint density at radius 2 is 1.93 bits per heavy atom. The summed E-state index contributed by atoms with van der Waals surface area (Å²) in [5.41, 5.74) is -0.0948. The smallest absolute Gasteiger partial charge is 0.331 e. The van der Waals surface area contributed by atoms with Crippen molar-refractivity contribution in [1.82, 2.24) is 0 Å². The van der Waals surface area contributed by atoms with Crippen LogP contribution in [0.3, 0.4) is 0 Å². The highest BCUT2D eigenvalue weighted by Gasteiger charge is 2.08. The molecule has 0 rings (SSSR count). The Balaban J connectivity index is 3.88. The molecule has 5 nitrogen and oxygen atoms in total. The second kappa shape index (κ2) is 7.99. The van der Waals surface area contributed by atoms with Gasteiger partial charge in [0.25, 0.3) is 0 Å². The number of hydrogen-bond acceptors (Lipinski definition) is 3. The number of rotatable bonds is 8. The fraction of sp³-hybridized carbons (Fsp3) is 0.600. The SMILES string of the molecule is CCCOCCCC(=CC(=O)O)C(=O)O. The van der Waals surface area contributed by atoms with Gasteiger partial charge in [-0.1, -0.05) is 6.92 Å². The second-order valence-electron chi connectivity index (χ2n) is 3.03. The summed E-state index contributed by atoms with van der Waals surface area (Å²) in [4.78, 5) is 20.9. The maximum Gasteiger partial charge on any atom is 0.331 e. The lowest BCUT2D eigenvalue weighted by atomic mass is 10.1. The van der Waals surface area contributed by atoms with Gasteiger partial charge in [-0.3, -0.25) is 0 Å². The molecule has 2 N–H and O–H groups in total. The van der Waals surface area contributed by atoms with Crippen LogP contribution >= 0.6 is 0 Å². The van der Waals surface area contributed by atoms with E-state index in [1.54, 1.807) is 0 Å². The van der Waals surface area contributed by atoms with Gasteiger partial charge in [0.2, 0.25) is 0 Å². The van der Waals surface area contributed by atoms with E-state index >= 15 is 0 Å². The zero-order chi connectivity index (χ0) is 11.7. The summed E-state index contributed by atoms with van der Waals surface area (Å²) >= 11 is 0. The molecule has 0 aromatic carbocycles. The average molecular weight is 216 g/mol. The van der Waals surface area contributed by atoms with Crippen molar-refractivity contribution in [1.29, 1.82) is 0 Å². The summed E-state index contributed by atoms with van der Waals surface area (Å²) in [6.45, 7) is 3.08. The third-order valence-electron chi connectivity index (χ3n) is 1.66. The van der Waals surface area contributed by atoms with E-state index in [1.807, 2.05) is 6.92 Å². The predicted octanol–water partition coefficient (Wildman–Crippen LogP) is 1.29. The molecule has 86 valence electrons. The molecule has 0 heterocycles. The minimum atomic E-state index is -1.23. The van der Waals surface area contributed by atoms with Crippen molar-refractivity contribution in [2.24, 2.45) is 0 Å². The molecule has 0 unspecified atom stereocenters. The minimum absolute atomic E-state index is 0.0948. The first-order valence-corrected chi connectivity index (χ1v) is 4.82. The summed E-state index contributed by atoms with van der Waals surface area (Å²) in [6, 6.07) is 0. The number of carboxylic acids is 2. The summed E-state index contributed by atoms with van der Waals surface area (Å²) in [5.74, 6) is -2.42. The summed E-state index contributed by atoms with van der Waals surface area (Å²) in [7, 11) is 0. The molecule has 0 saturated carbocycles. The van der Waals surface area contributed by atoms with Gasteiger partial charge in [-0.2, -0.15) is 0 Å². The van der Waals surface area contributed by atoms with Crippen LogP contribution in [0.25, 0.3) is 0 Å². The van der Waals surface area contributed by atoms with Gasteiger partial charge in [0, 0.05) is 24.9 Å². The van der Waals surface area contributed by atoms with E-state index in [4.69, 9.17) is 14.9 Å². The van der Waals surface area contributed by atoms with Crippen molar-refractivity contribution in [3.63, 3.8) is 0 Å². The van der Waals surface area contributed by atoms with E-state index in [9.17, 15) is 9.59 Å². The molecule has 0 atom stereocenters. The summed E-state index contributed by atoms with van der Waals surface area (Å²) in [6.07, 6.45) is 2.37. The van der Waals surface area contributed by atoms with E-state index in [2.05, 4.69) is 0 Å². The van der Waals surface area contributed by atoms with Crippen molar-refractivity contribution >= 4 is 11.9 Å². The van der Waals surface area contributed by atoms with Crippen LogP contribution in [-0.4, -0.2) is 35.4 Å².